The van der Waals surface area contributed by atoms with E-state index in [1.165, 1.54) is 17.0 Å². The minimum atomic E-state index is -3.09. The molecule has 0 radical (unpaired) electrons. The molecule has 0 unspecified atom stereocenters. The van der Waals surface area contributed by atoms with Crippen molar-refractivity contribution >= 4 is 16.0 Å². The molecule has 0 aromatic carbocycles. The normalized spacial score (nSPS) is 13.0. The van der Waals surface area contributed by atoms with Crippen LogP contribution in [0.4, 0.5) is 0 Å². The van der Waals surface area contributed by atoms with Crippen LogP contribution in [0.3, 0.4) is 0 Å². The summed E-state index contributed by atoms with van der Waals surface area (Å²) >= 11 is 0. The van der Waals surface area contributed by atoms with E-state index < -0.39 is 10.0 Å². The lowest BCUT2D eigenvalue weighted by atomic mass is 10.1. The number of nitrogens with zero attached hydrogens (tertiary/aromatic N) is 2. The SMILES string of the molecule is CCN(CCCNC(=NC)NCCCC(C)C)S(C)(=O)=O. The number of nitrogens with one attached hydrogen (secondary N) is 2. The number of rotatable bonds is 10. The smallest absolute Gasteiger partial charge is 0.211 e. The van der Waals surface area contributed by atoms with Crippen molar-refractivity contribution in [3.05, 3.63) is 0 Å². The highest BCUT2D eigenvalue weighted by Gasteiger charge is 2.13. The molecule has 0 heterocycles. The third kappa shape index (κ3) is 10.5. The Morgan fingerprint density at radius 2 is 1.76 bits per heavy atom. The summed E-state index contributed by atoms with van der Waals surface area (Å²) < 4.78 is 24.4. The molecule has 6 nitrogen and oxygen atoms in total. The number of hydrogen-bond donors (Lipinski definition) is 2. The lowest BCUT2D eigenvalue weighted by molar-refractivity contribution is 0.424. The Bertz CT molecular complexity index is 394. The summed E-state index contributed by atoms with van der Waals surface area (Å²) in [4.78, 5) is 4.15. The van der Waals surface area contributed by atoms with E-state index >= 15 is 0 Å². The maximum absolute atomic E-state index is 11.4. The van der Waals surface area contributed by atoms with Gasteiger partial charge in [0, 0.05) is 33.2 Å². The van der Waals surface area contributed by atoms with Crippen molar-refractivity contribution in [3.63, 3.8) is 0 Å². The van der Waals surface area contributed by atoms with Crippen LogP contribution in [0.15, 0.2) is 4.99 Å². The van der Waals surface area contributed by atoms with Crippen LogP contribution in [0.2, 0.25) is 0 Å². The second kappa shape index (κ2) is 10.8. The van der Waals surface area contributed by atoms with E-state index in [1.54, 1.807) is 7.05 Å². The predicted octanol–water partition coefficient (Wildman–Crippen LogP) is 1.26. The van der Waals surface area contributed by atoms with E-state index in [0.29, 0.717) is 19.6 Å². The van der Waals surface area contributed by atoms with Crippen LogP contribution in [-0.2, 0) is 10.0 Å². The van der Waals surface area contributed by atoms with Crippen molar-refractivity contribution in [1.29, 1.82) is 0 Å². The van der Waals surface area contributed by atoms with Gasteiger partial charge >= 0.3 is 0 Å². The van der Waals surface area contributed by atoms with Gasteiger partial charge in [0.05, 0.1) is 6.26 Å². The van der Waals surface area contributed by atoms with Gasteiger partial charge in [-0.25, -0.2) is 12.7 Å². The maximum atomic E-state index is 11.4. The first-order chi connectivity index (χ1) is 9.81. The van der Waals surface area contributed by atoms with Crippen LogP contribution in [0.25, 0.3) is 0 Å². The zero-order valence-electron chi connectivity index (χ0n) is 14.1. The fraction of sp³-hybridized carbons (Fsp3) is 0.929. The summed E-state index contributed by atoms with van der Waals surface area (Å²) in [6.07, 6.45) is 4.33. The molecule has 0 aromatic heterocycles. The van der Waals surface area contributed by atoms with Crippen LogP contribution in [0.1, 0.15) is 40.0 Å². The lowest BCUT2D eigenvalue weighted by Crippen LogP contribution is -2.39. The molecule has 0 saturated heterocycles. The van der Waals surface area contributed by atoms with Gasteiger partial charge in [-0.1, -0.05) is 20.8 Å². The fourth-order valence-electron chi connectivity index (χ4n) is 1.96. The van der Waals surface area contributed by atoms with Gasteiger partial charge in [-0.15, -0.1) is 0 Å². The number of sulfonamides is 1. The topological polar surface area (TPSA) is 73.8 Å². The Morgan fingerprint density at radius 1 is 1.19 bits per heavy atom. The molecular weight excluding hydrogens is 288 g/mol. The van der Waals surface area contributed by atoms with E-state index in [9.17, 15) is 8.42 Å². The van der Waals surface area contributed by atoms with E-state index in [2.05, 4.69) is 29.5 Å². The first-order valence-corrected chi connectivity index (χ1v) is 9.55. The first kappa shape index (κ1) is 20.2. The summed E-state index contributed by atoms with van der Waals surface area (Å²) in [5.74, 6) is 1.50. The number of hydrogen-bond acceptors (Lipinski definition) is 3. The van der Waals surface area contributed by atoms with Crippen molar-refractivity contribution in [2.24, 2.45) is 10.9 Å². The van der Waals surface area contributed by atoms with Gasteiger partial charge in [0.25, 0.3) is 0 Å². The zero-order valence-corrected chi connectivity index (χ0v) is 15.0. The Morgan fingerprint density at radius 3 is 2.19 bits per heavy atom. The molecule has 2 N–H and O–H groups in total. The highest BCUT2D eigenvalue weighted by molar-refractivity contribution is 7.88. The molecular formula is C14H32N4O2S. The van der Waals surface area contributed by atoms with Crippen molar-refractivity contribution < 1.29 is 8.42 Å². The third-order valence-electron chi connectivity index (χ3n) is 3.17. The Kier molecular flexibility index (Phi) is 10.4. The minimum absolute atomic E-state index is 0.515. The molecule has 7 heteroatoms. The van der Waals surface area contributed by atoms with Gasteiger partial charge in [-0.2, -0.15) is 0 Å². The summed E-state index contributed by atoms with van der Waals surface area (Å²) in [5, 5.41) is 6.47. The van der Waals surface area contributed by atoms with E-state index in [4.69, 9.17) is 0 Å². The van der Waals surface area contributed by atoms with Crippen LogP contribution >= 0.6 is 0 Å². The quantitative estimate of drug-likeness (QED) is 0.361. The highest BCUT2D eigenvalue weighted by Crippen LogP contribution is 2.01. The average Bonchev–Trinajstić information content (AvgIpc) is 2.39. The molecule has 0 aromatic rings. The highest BCUT2D eigenvalue weighted by atomic mass is 32.2. The largest absolute Gasteiger partial charge is 0.356 e. The summed E-state index contributed by atoms with van der Waals surface area (Å²) in [6, 6.07) is 0. The van der Waals surface area contributed by atoms with Gasteiger partial charge in [0.1, 0.15) is 0 Å². The summed E-state index contributed by atoms with van der Waals surface area (Å²) in [5.41, 5.74) is 0. The molecule has 0 bridgehead atoms. The van der Waals surface area contributed by atoms with Crippen LogP contribution in [0.5, 0.6) is 0 Å². The van der Waals surface area contributed by atoms with E-state index in [0.717, 1.165) is 31.3 Å². The Hall–Kier alpha value is -0.820. The van der Waals surface area contributed by atoms with Gasteiger partial charge < -0.3 is 10.6 Å². The zero-order chi connectivity index (χ0) is 16.3. The van der Waals surface area contributed by atoms with Crippen molar-refractivity contribution in [2.45, 2.75) is 40.0 Å². The number of guanidine groups is 1. The first-order valence-electron chi connectivity index (χ1n) is 7.70. The fourth-order valence-corrected chi connectivity index (χ4v) is 2.89. The molecule has 0 spiro atoms. The van der Waals surface area contributed by atoms with Gasteiger partial charge in [0.2, 0.25) is 10.0 Å². The van der Waals surface area contributed by atoms with Crippen LogP contribution in [0, 0.1) is 5.92 Å². The van der Waals surface area contributed by atoms with Crippen molar-refractivity contribution in [3.8, 4) is 0 Å². The second-order valence-corrected chi connectivity index (χ2v) is 7.55. The summed E-state index contributed by atoms with van der Waals surface area (Å²) in [7, 11) is -1.34. The minimum Gasteiger partial charge on any atom is -0.356 e. The van der Waals surface area contributed by atoms with Crippen molar-refractivity contribution in [2.75, 3.05) is 39.5 Å². The molecule has 0 aliphatic rings. The molecule has 0 aliphatic carbocycles. The monoisotopic (exact) mass is 320 g/mol. The standard InChI is InChI=1S/C14H32N4O2S/c1-6-18(21(5,19)20)12-8-11-17-14(15-4)16-10-7-9-13(2)3/h13H,6-12H2,1-5H3,(H2,15,16,17). The third-order valence-corrected chi connectivity index (χ3v) is 4.55. The lowest BCUT2D eigenvalue weighted by Gasteiger charge is -2.18. The molecule has 0 rings (SSSR count). The second-order valence-electron chi connectivity index (χ2n) is 5.57. The molecule has 0 fully saturated rings. The Labute approximate surface area is 130 Å². The predicted molar refractivity (Wildman–Crippen MR) is 90.1 cm³/mol. The van der Waals surface area contributed by atoms with Crippen molar-refractivity contribution in [1.82, 2.24) is 14.9 Å². The molecule has 0 atom stereocenters. The maximum Gasteiger partial charge on any atom is 0.211 e. The van der Waals surface area contributed by atoms with Crippen LogP contribution in [-0.4, -0.2) is 58.2 Å². The Balaban J connectivity index is 3.87. The molecule has 0 saturated carbocycles. The van der Waals surface area contributed by atoms with Gasteiger partial charge in [0.15, 0.2) is 5.96 Å². The van der Waals surface area contributed by atoms with E-state index in [1.807, 2.05) is 6.92 Å². The molecule has 0 aliphatic heterocycles. The van der Waals surface area contributed by atoms with Crippen LogP contribution < -0.4 is 10.6 Å². The number of aliphatic imine (C=N–C) groups is 1. The van der Waals surface area contributed by atoms with Gasteiger partial charge in [-0.05, 0) is 25.2 Å². The average molecular weight is 321 g/mol. The molecule has 126 valence electrons. The molecule has 21 heavy (non-hydrogen) atoms. The molecule has 0 amide bonds. The van der Waals surface area contributed by atoms with Gasteiger partial charge in [-0.3, -0.25) is 4.99 Å². The summed E-state index contributed by atoms with van der Waals surface area (Å²) in [6.45, 7) is 8.94. The van der Waals surface area contributed by atoms with E-state index in [-0.39, 0.29) is 0 Å².